The molecule has 2 aliphatic rings. The largest absolute Gasteiger partial charge is 0.330 e. The van der Waals surface area contributed by atoms with Gasteiger partial charge in [0.1, 0.15) is 0 Å². The number of nitrogens with zero attached hydrogens (tertiary/aromatic N) is 1. The number of hydrogen-bond acceptors (Lipinski definition) is 2. The van der Waals surface area contributed by atoms with Crippen LogP contribution in [0.15, 0.2) is 0 Å². The maximum Gasteiger partial charge on any atom is 0.0141 e. The number of hydrogen-bond donors (Lipinski definition) is 1. The van der Waals surface area contributed by atoms with E-state index in [1.807, 2.05) is 0 Å². The summed E-state index contributed by atoms with van der Waals surface area (Å²) in [4.78, 5) is 2.81. The van der Waals surface area contributed by atoms with Gasteiger partial charge < -0.3 is 5.73 Å². The van der Waals surface area contributed by atoms with Crippen LogP contribution in [0.5, 0.6) is 0 Å². The second-order valence-electron chi connectivity index (χ2n) is 6.61. The van der Waals surface area contributed by atoms with E-state index in [0.717, 1.165) is 30.5 Å². The summed E-state index contributed by atoms with van der Waals surface area (Å²) in [5.74, 6) is 1.73. The lowest BCUT2D eigenvalue weighted by atomic mass is 9.75. The molecule has 2 rings (SSSR count). The molecule has 0 spiro atoms. The quantitative estimate of drug-likeness (QED) is 0.831. The molecule has 0 amide bonds. The maximum absolute atomic E-state index is 6.04. The maximum atomic E-state index is 6.04. The molecule has 1 aliphatic heterocycles. The van der Waals surface area contributed by atoms with Crippen LogP contribution in [0, 0.1) is 11.8 Å². The molecule has 2 heteroatoms. The van der Waals surface area contributed by atoms with Gasteiger partial charge in [0.15, 0.2) is 0 Å². The summed E-state index contributed by atoms with van der Waals surface area (Å²) in [6.45, 7) is 6.97. The van der Waals surface area contributed by atoms with Crippen molar-refractivity contribution in [2.45, 2.75) is 77.3 Å². The number of likely N-dealkylation sites (tertiary alicyclic amines) is 1. The molecule has 1 saturated carbocycles. The fraction of sp³-hybridized carbons (Fsp3) is 1.00. The molecule has 1 saturated heterocycles. The van der Waals surface area contributed by atoms with Gasteiger partial charge in [0.05, 0.1) is 0 Å². The van der Waals surface area contributed by atoms with E-state index < -0.39 is 0 Å². The molecule has 2 nitrogen and oxygen atoms in total. The highest BCUT2D eigenvalue weighted by Crippen LogP contribution is 2.36. The Morgan fingerprint density at radius 2 is 2.00 bits per heavy atom. The molecule has 106 valence electrons. The fourth-order valence-corrected chi connectivity index (χ4v) is 4.26. The summed E-state index contributed by atoms with van der Waals surface area (Å²) >= 11 is 0. The second-order valence-corrected chi connectivity index (χ2v) is 6.61. The van der Waals surface area contributed by atoms with Gasteiger partial charge in [-0.25, -0.2) is 0 Å². The molecular weight excluding hydrogens is 220 g/mol. The van der Waals surface area contributed by atoms with Gasteiger partial charge in [-0.05, 0) is 57.5 Å². The SMILES string of the molecule is CCCC1CCC(CN)C(N2CCCCC2C)C1. The van der Waals surface area contributed by atoms with Crippen LogP contribution in [0.4, 0.5) is 0 Å². The van der Waals surface area contributed by atoms with E-state index in [4.69, 9.17) is 5.73 Å². The Morgan fingerprint density at radius 1 is 1.17 bits per heavy atom. The Hall–Kier alpha value is -0.0800. The van der Waals surface area contributed by atoms with Gasteiger partial charge in [0.2, 0.25) is 0 Å². The summed E-state index contributed by atoms with van der Waals surface area (Å²) < 4.78 is 0. The fourth-order valence-electron chi connectivity index (χ4n) is 4.26. The minimum absolute atomic E-state index is 0.763. The summed E-state index contributed by atoms with van der Waals surface area (Å²) in [6, 6.07) is 1.58. The van der Waals surface area contributed by atoms with Crippen LogP contribution in [0.25, 0.3) is 0 Å². The van der Waals surface area contributed by atoms with Gasteiger partial charge in [0, 0.05) is 12.1 Å². The molecule has 1 heterocycles. The average molecular weight is 252 g/mol. The Bertz CT molecular complexity index is 241. The molecule has 0 aromatic carbocycles. The minimum Gasteiger partial charge on any atom is -0.330 e. The normalized spacial score (nSPS) is 38.8. The third kappa shape index (κ3) is 3.27. The molecule has 1 aliphatic carbocycles. The smallest absolute Gasteiger partial charge is 0.0141 e. The first kappa shape index (κ1) is 14.3. The van der Waals surface area contributed by atoms with E-state index in [0.29, 0.717) is 0 Å². The zero-order chi connectivity index (χ0) is 13.0. The first-order valence-electron chi connectivity index (χ1n) is 8.22. The third-order valence-corrected chi connectivity index (χ3v) is 5.34. The van der Waals surface area contributed by atoms with Crippen molar-refractivity contribution < 1.29 is 0 Å². The molecule has 4 unspecified atom stereocenters. The predicted molar refractivity (Wildman–Crippen MR) is 78.6 cm³/mol. The number of nitrogens with two attached hydrogens (primary N) is 1. The Balaban J connectivity index is 2.00. The highest BCUT2D eigenvalue weighted by atomic mass is 15.2. The van der Waals surface area contributed by atoms with Crippen molar-refractivity contribution in [3.63, 3.8) is 0 Å². The zero-order valence-corrected chi connectivity index (χ0v) is 12.4. The average Bonchev–Trinajstić information content (AvgIpc) is 2.40. The Morgan fingerprint density at radius 3 is 2.67 bits per heavy atom. The standard InChI is InChI=1S/C16H32N2/c1-3-6-14-8-9-15(12-17)16(11-14)18-10-5-4-7-13(18)2/h13-16H,3-12,17H2,1-2H3. The van der Waals surface area contributed by atoms with E-state index in [9.17, 15) is 0 Å². The highest BCUT2D eigenvalue weighted by Gasteiger charge is 2.35. The van der Waals surface area contributed by atoms with Crippen LogP contribution in [0.1, 0.15) is 65.2 Å². The predicted octanol–water partition coefficient (Wildman–Crippen LogP) is 3.40. The molecule has 4 atom stereocenters. The van der Waals surface area contributed by atoms with Crippen molar-refractivity contribution in [3.8, 4) is 0 Å². The van der Waals surface area contributed by atoms with Crippen molar-refractivity contribution in [1.82, 2.24) is 4.90 Å². The number of piperidine rings is 1. The van der Waals surface area contributed by atoms with E-state index >= 15 is 0 Å². The van der Waals surface area contributed by atoms with Gasteiger partial charge in [-0.15, -0.1) is 0 Å². The monoisotopic (exact) mass is 252 g/mol. The summed E-state index contributed by atoms with van der Waals surface area (Å²) in [5, 5.41) is 0. The van der Waals surface area contributed by atoms with Gasteiger partial charge in [-0.2, -0.15) is 0 Å². The molecule has 0 aromatic heterocycles. The molecule has 0 radical (unpaired) electrons. The lowest BCUT2D eigenvalue weighted by Gasteiger charge is -2.47. The molecule has 18 heavy (non-hydrogen) atoms. The van der Waals surface area contributed by atoms with E-state index in [1.54, 1.807) is 0 Å². The van der Waals surface area contributed by atoms with Crippen molar-refractivity contribution in [1.29, 1.82) is 0 Å². The van der Waals surface area contributed by atoms with Crippen molar-refractivity contribution in [2.24, 2.45) is 17.6 Å². The summed E-state index contributed by atoms with van der Waals surface area (Å²) in [5.41, 5.74) is 6.04. The van der Waals surface area contributed by atoms with Gasteiger partial charge in [0.25, 0.3) is 0 Å². The van der Waals surface area contributed by atoms with Gasteiger partial charge >= 0.3 is 0 Å². The van der Waals surface area contributed by atoms with E-state index in [1.165, 1.54) is 57.9 Å². The topological polar surface area (TPSA) is 29.3 Å². The minimum atomic E-state index is 0.763. The summed E-state index contributed by atoms with van der Waals surface area (Å²) in [7, 11) is 0. The molecule has 0 aromatic rings. The van der Waals surface area contributed by atoms with Crippen molar-refractivity contribution >= 4 is 0 Å². The van der Waals surface area contributed by atoms with Crippen molar-refractivity contribution in [3.05, 3.63) is 0 Å². The Labute approximate surface area is 113 Å². The van der Waals surface area contributed by atoms with Crippen LogP contribution in [-0.4, -0.2) is 30.1 Å². The molecule has 0 bridgehead atoms. The lowest BCUT2D eigenvalue weighted by molar-refractivity contribution is 0.0306. The van der Waals surface area contributed by atoms with Gasteiger partial charge in [-0.1, -0.05) is 32.6 Å². The van der Waals surface area contributed by atoms with Crippen LogP contribution in [0.3, 0.4) is 0 Å². The van der Waals surface area contributed by atoms with Gasteiger partial charge in [-0.3, -0.25) is 4.90 Å². The van der Waals surface area contributed by atoms with Crippen molar-refractivity contribution in [2.75, 3.05) is 13.1 Å². The first-order valence-corrected chi connectivity index (χ1v) is 8.22. The van der Waals surface area contributed by atoms with E-state index in [2.05, 4.69) is 18.7 Å². The second kappa shape index (κ2) is 6.91. The molecular formula is C16H32N2. The van der Waals surface area contributed by atoms with Crippen LogP contribution in [-0.2, 0) is 0 Å². The third-order valence-electron chi connectivity index (χ3n) is 5.34. The molecule has 2 N–H and O–H groups in total. The highest BCUT2D eigenvalue weighted by molar-refractivity contribution is 4.90. The lowest BCUT2D eigenvalue weighted by Crippen LogP contribution is -2.52. The first-order chi connectivity index (χ1) is 8.76. The van der Waals surface area contributed by atoms with Crippen LogP contribution >= 0.6 is 0 Å². The zero-order valence-electron chi connectivity index (χ0n) is 12.4. The van der Waals surface area contributed by atoms with Crippen LogP contribution in [0.2, 0.25) is 0 Å². The van der Waals surface area contributed by atoms with E-state index in [-0.39, 0.29) is 0 Å². The number of rotatable bonds is 4. The summed E-state index contributed by atoms with van der Waals surface area (Å²) in [6.07, 6.45) is 11.2. The Kier molecular flexibility index (Phi) is 5.50. The molecule has 2 fully saturated rings. The van der Waals surface area contributed by atoms with Crippen LogP contribution < -0.4 is 5.73 Å².